The molecule has 6 nitrogen and oxygen atoms in total. The number of amides is 1. The van der Waals surface area contributed by atoms with E-state index in [4.69, 9.17) is 15.6 Å². The number of carbonyl (C=O) groups is 2. The van der Waals surface area contributed by atoms with Crippen LogP contribution in [-0.4, -0.2) is 43.3 Å². The number of carboxylic acid groups (broad SMARTS) is 1. The van der Waals surface area contributed by atoms with Crippen molar-refractivity contribution >= 4 is 11.9 Å². The van der Waals surface area contributed by atoms with Gasteiger partial charge in [-0.25, -0.2) is 4.79 Å². The average Bonchev–Trinajstić information content (AvgIpc) is 2.23. The molecule has 0 bridgehead atoms. The smallest absolute Gasteiger partial charge is 0.326 e. The molecule has 0 fully saturated rings. The third-order valence-corrected chi connectivity index (χ3v) is 2.34. The average molecular weight is 232 g/mol. The van der Waals surface area contributed by atoms with Gasteiger partial charge >= 0.3 is 5.97 Å². The second-order valence-corrected chi connectivity index (χ2v) is 4.23. The Hall–Kier alpha value is -1.14. The molecule has 1 unspecified atom stereocenters. The van der Waals surface area contributed by atoms with E-state index in [-0.39, 0.29) is 25.5 Å². The summed E-state index contributed by atoms with van der Waals surface area (Å²) in [7, 11) is 1.48. The highest BCUT2D eigenvalue weighted by atomic mass is 16.5. The molecule has 6 heteroatoms. The molecule has 0 saturated carbocycles. The number of hydrogen-bond acceptors (Lipinski definition) is 4. The topological polar surface area (TPSA) is 102 Å². The van der Waals surface area contributed by atoms with Crippen LogP contribution in [0.4, 0.5) is 0 Å². The molecule has 0 spiro atoms. The molecule has 1 amide bonds. The summed E-state index contributed by atoms with van der Waals surface area (Å²) in [5, 5.41) is 11.3. The van der Waals surface area contributed by atoms with Gasteiger partial charge in [-0.05, 0) is 13.8 Å². The van der Waals surface area contributed by atoms with Crippen molar-refractivity contribution in [2.45, 2.75) is 26.3 Å². The number of nitrogens with one attached hydrogen (secondary N) is 1. The highest BCUT2D eigenvalue weighted by molar-refractivity contribution is 5.87. The van der Waals surface area contributed by atoms with Crippen LogP contribution in [-0.2, 0) is 14.3 Å². The van der Waals surface area contributed by atoms with Gasteiger partial charge in [0.05, 0.1) is 5.41 Å². The van der Waals surface area contributed by atoms with Gasteiger partial charge in [-0.3, -0.25) is 4.79 Å². The number of ether oxygens (including phenoxy) is 1. The summed E-state index contributed by atoms with van der Waals surface area (Å²) in [4.78, 5) is 22.5. The van der Waals surface area contributed by atoms with E-state index in [0.29, 0.717) is 0 Å². The number of nitrogens with two attached hydrogens (primary N) is 1. The molecule has 1 atom stereocenters. The second kappa shape index (κ2) is 6.44. The van der Waals surface area contributed by atoms with Crippen LogP contribution in [0.2, 0.25) is 0 Å². The Morgan fingerprint density at radius 2 is 2.06 bits per heavy atom. The zero-order chi connectivity index (χ0) is 12.8. The van der Waals surface area contributed by atoms with E-state index in [9.17, 15) is 9.59 Å². The normalized spacial score (nSPS) is 13.2. The summed E-state index contributed by atoms with van der Waals surface area (Å²) >= 11 is 0. The third-order valence-electron chi connectivity index (χ3n) is 2.34. The fourth-order valence-corrected chi connectivity index (χ4v) is 0.939. The van der Waals surface area contributed by atoms with Crippen LogP contribution in [0.5, 0.6) is 0 Å². The van der Waals surface area contributed by atoms with E-state index < -0.39 is 17.4 Å². The Kier molecular flexibility index (Phi) is 5.98. The molecule has 16 heavy (non-hydrogen) atoms. The maximum Gasteiger partial charge on any atom is 0.326 e. The van der Waals surface area contributed by atoms with Crippen LogP contribution < -0.4 is 11.1 Å². The Labute approximate surface area is 95.1 Å². The lowest BCUT2D eigenvalue weighted by atomic mass is 9.92. The Balaban J connectivity index is 4.40. The first-order chi connectivity index (χ1) is 7.35. The molecule has 0 radical (unpaired) electrons. The van der Waals surface area contributed by atoms with E-state index in [1.165, 1.54) is 7.11 Å². The summed E-state index contributed by atoms with van der Waals surface area (Å²) in [6, 6.07) is -0.932. The fourth-order valence-electron chi connectivity index (χ4n) is 0.939. The largest absolute Gasteiger partial charge is 0.480 e. The minimum absolute atomic E-state index is 0.162. The molecule has 0 aliphatic carbocycles. The zero-order valence-electron chi connectivity index (χ0n) is 9.95. The van der Waals surface area contributed by atoms with E-state index >= 15 is 0 Å². The number of hydrogen-bond donors (Lipinski definition) is 3. The first kappa shape index (κ1) is 14.9. The van der Waals surface area contributed by atoms with Crippen molar-refractivity contribution in [2.24, 2.45) is 11.1 Å². The maximum absolute atomic E-state index is 11.7. The lowest BCUT2D eigenvalue weighted by Gasteiger charge is -2.24. The number of methoxy groups -OCH3 is 1. The van der Waals surface area contributed by atoms with E-state index in [1.807, 2.05) is 0 Å². The maximum atomic E-state index is 11.7. The molecule has 0 aliphatic rings. The molecule has 94 valence electrons. The van der Waals surface area contributed by atoms with Crippen molar-refractivity contribution < 1.29 is 19.4 Å². The number of carboxylic acids is 1. The number of aliphatic carboxylic acids is 1. The lowest BCUT2D eigenvalue weighted by Crippen LogP contribution is -2.49. The van der Waals surface area contributed by atoms with Gasteiger partial charge in [0, 0.05) is 26.7 Å². The van der Waals surface area contributed by atoms with Gasteiger partial charge in [0.15, 0.2) is 0 Å². The van der Waals surface area contributed by atoms with Crippen molar-refractivity contribution in [1.29, 1.82) is 0 Å². The molecular weight excluding hydrogens is 212 g/mol. The summed E-state index contributed by atoms with van der Waals surface area (Å²) in [6.45, 7) is 3.77. The van der Waals surface area contributed by atoms with E-state index in [0.717, 1.165) is 0 Å². The molecule has 4 N–H and O–H groups in total. The van der Waals surface area contributed by atoms with Gasteiger partial charge < -0.3 is 20.9 Å². The Morgan fingerprint density at radius 3 is 2.44 bits per heavy atom. The Bertz CT molecular complexity index is 253. The predicted octanol–water partition coefficient (Wildman–Crippen LogP) is -0.423. The molecular formula is C10H20N2O4. The summed E-state index contributed by atoms with van der Waals surface area (Å²) < 4.78 is 4.78. The molecule has 0 aromatic rings. The monoisotopic (exact) mass is 232 g/mol. The van der Waals surface area contributed by atoms with Crippen LogP contribution >= 0.6 is 0 Å². The molecule has 0 aromatic heterocycles. The fraction of sp³-hybridized carbons (Fsp3) is 0.800. The van der Waals surface area contributed by atoms with Gasteiger partial charge in [0.25, 0.3) is 0 Å². The molecule has 0 saturated heterocycles. The van der Waals surface area contributed by atoms with Gasteiger partial charge in [-0.2, -0.15) is 0 Å². The quantitative estimate of drug-likeness (QED) is 0.553. The Morgan fingerprint density at radius 1 is 1.50 bits per heavy atom. The molecule has 0 aliphatic heterocycles. The second-order valence-electron chi connectivity index (χ2n) is 4.23. The SMILES string of the molecule is COCCC(NC(=O)C(C)(C)CN)C(=O)O. The van der Waals surface area contributed by atoms with Gasteiger partial charge in [0.2, 0.25) is 5.91 Å². The van der Waals surface area contributed by atoms with Crippen molar-refractivity contribution in [2.75, 3.05) is 20.3 Å². The van der Waals surface area contributed by atoms with Crippen molar-refractivity contribution in [1.82, 2.24) is 5.32 Å². The number of carbonyl (C=O) groups excluding carboxylic acids is 1. The van der Waals surface area contributed by atoms with Gasteiger partial charge in [-0.1, -0.05) is 0 Å². The summed E-state index contributed by atoms with van der Waals surface area (Å²) in [6.07, 6.45) is 0.234. The van der Waals surface area contributed by atoms with E-state index in [1.54, 1.807) is 13.8 Å². The highest BCUT2D eigenvalue weighted by Gasteiger charge is 2.29. The lowest BCUT2D eigenvalue weighted by molar-refractivity contribution is -0.143. The predicted molar refractivity (Wildman–Crippen MR) is 58.9 cm³/mol. The van der Waals surface area contributed by atoms with Crippen molar-refractivity contribution in [3.63, 3.8) is 0 Å². The third kappa shape index (κ3) is 4.59. The molecule has 0 aromatic carbocycles. The molecule has 0 rings (SSSR count). The molecule has 0 heterocycles. The zero-order valence-corrected chi connectivity index (χ0v) is 9.95. The van der Waals surface area contributed by atoms with Crippen LogP contribution in [0.3, 0.4) is 0 Å². The highest BCUT2D eigenvalue weighted by Crippen LogP contribution is 2.13. The first-order valence-electron chi connectivity index (χ1n) is 5.08. The standard InChI is InChI=1S/C10H20N2O4/c1-10(2,6-11)9(15)12-7(8(13)14)4-5-16-3/h7H,4-6,11H2,1-3H3,(H,12,15)(H,13,14). The van der Waals surface area contributed by atoms with Crippen molar-refractivity contribution in [3.8, 4) is 0 Å². The summed E-state index contributed by atoms with van der Waals surface area (Å²) in [5.41, 5.74) is 4.66. The minimum atomic E-state index is -1.07. The summed E-state index contributed by atoms with van der Waals surface area (Å²) in [5.74, 6) is -1.43. The van der Waals surface area contributed by atoms with Crippen LogP contribution in [0.25, 0.3) is 0 Å². The first-order valence-corrected chi connectivity index (χ1v) is 5.08. The van der Waals surface area contributed by atoms with E-state index in [2.05, 4.69) is 5.32 Å². The van der Waals surface area contributed by atoms with Crippen LogP contribution in [0, 0.1) is 5.41 Å². The van der Waals surface area contributed by atoms with Crippen molar-refractivity contribution in [3.05, 3.63) is 0 Å². The van der Waals surface area contributed by atoms with Gasteiger partial charge in [-0.15, -0.1) is 0 Å². The van der Waals surface area contributed by atoms with Crippen LogP contribution in [0.1, 0.15) is 20.3 Å². The van der Waals surface area contributed by atoms with Crippen LogP contribution in [0.15, 0.2) is 0 Å². The number of rotatable bonds is 7. The van der Waals surface area contributed by atoms with Gasteiger partial charge in [0.1, 0.15) is 6.04 Å². The minimum Gasteiger partial charge on any atom is -0.480 e.